The van der Waals surface area contributed by atoms with Gasteiger partial charge in [0.2, 0.25) is 0 Å². The van der Waals surface area contributed by atoms with Crippen molar-refractivity contribution in [2.45, 2.75) is 32.9 Å². The second-order valence-electron chi connectivity index (χ2n) is 4.52. The predicted molar refractivity (Wildman–Crippen MR) is 71.5 cm³/mol. The third-order valence-corrected chi connectivity index (χ3v) is 3.30. The summed E-state index contributed by atoms with van der Waals surface area (Å²) in [6.45, 7) is 5.24. The lowest BCUT2D eigenvalue weighted by molar-refractivity contribution is 0.476. The van der Waals surface area contributed by atoms with Crippen LogP contribution in [-0.4, -0.2) is 22.8 Å². The number of fused-ring (bicyclic) bond motifs is 1. The second-order valence-corrected chi connectivity index (χ2v) is 4.52. The molecule has 0 saturated heterocycles. The van der Waals surface area contributed by atoms with E-state index in [0.717, 1.165) is 18.5 Å². The molecule has 1 unspecified atom stereocenters. The number of aromatic nitrogens is 1. The van der Waals surface area contributed by atoms with Gasteiger partial charge in [0.1, 0.15) is 5.75 Å². The van der Waals surface area contributed by atoms with Crippen LogP contribution in [0.5, 0.6) is 5.75 Å². The smallest absolute Gasteiger partial charge is 0.117 e. The maximum atomic E-state index is 9.56. The van der Waals surface area contributed by atoms with Gasteiger partial charge in [0.05, 0.1) is 5.52 Å². The molecule has 1 heterocycles. The first-order valence-corrected chi connectivity index (χ1v) is 6.14. The van der Waals surface area contributed by atoms with E-state index in [1.165, 1.54) is 11.1 Å². The summed E-state index contributed by atoms with van der Waals surface area (Å²) in [6, 6.07) is 8.23. The minimum absolute atomic E-state index is 0.332. The van der Waals surface area contributed by atoms with E-state index in [9.17, 15) is 5.11 Å². The zero-order valence-electron chi connectivity index (χ0n) is 10.7. The minimum atomic E-state index is 0.332. The fourth-order valence-corrected chi connectivity index (χ4v) is 2.26. The van der Waals surface area contributed by atoms with Gasteiger partial charge in [-0.05, 0) is 39.1 Å². The van der Waals surface area contributed by atoms with Crippen LogP contribution in [0.2, 0.25) is 0 Å². The van der Waals surface area contributed by atoms with Gasteiger partial charge in [-0.1, -0.05) is 0 Å². The highest BCUT2D eigenvalue weighted by Gasteiger charge is 2.10. The summed E-state index contributed by atoms with van der Waals surface area (Å²) in [7, 11) is 1.98. The Labute approximate surface area is 102 Å². The SMILES string of the molecule is CCn1c(CC(C)NC)cc2ccc(O)cc21. The number of nitrogens with zero attached hydrogens (tertiary/aromatic N) is 1. The van der Waals surface area contributed by atoms with Crippen LogP contribution in [0.25, 0.3) is 10.9 Å². The van der Waals surface area contributed by atoms with Crippen LogP contribution in [0.15, 0.2) is 24.3 Å². The Morgan fingerprint density at radius 3 is 2.76 bits per heavy atom. The molecule has 92 valence electrons. The molecule has 1 aromatic heterocycles. The normalized spacial score (nSPS) is 13.1. The van der Waals surface area contributed by atoms with Crippen LogP contribution < -0.4 is 5.32 Å². The molecule has 0 fully saturated rings. The molecule has 3 heteroatoms. The topological polar surface area (TPSA) is 37.2 Å². The first-order chi connectivity index (χ1) is 8.15. The molecular weight excluding hydrogens is 212 g/mol. The number of hydrogen-bond acceptors (Lipinski definition) is 2. The zero-order valence-corrected chi connectivity index (χ0v) is 10.7. The van der Waals surface area contributed by atoms with Crippen molar-refractivity contribution in [1.29, 1.82) is 0 Å². The summed E-state index contributed by atoms with van der Waals surface area (Å²) in [6.07, 6.45) is 1.000. The molecule has 0 spiro atoms. The number of likely N-dealkylation sites (N-methyl/N-ethyl adjacent to an activating group) is 1. The molecule has 0 aliphatic carbocycles. The molecule has 0 saturated carbocycles. The predicted octanol–water partition coefficient (Wildman–Crippen LogP) is 2.52. The van der Waals surface area contributed by atoms with Gasteiger partial charge in [0.25, 0.3) is 0 Å². The number of rotatable bonds is 4. The zero-order chi connectivity index (χ0) is 12.4. The van der Waals surface area contributed by atoms with Gasteiger partial charge in [-0.25, -0.2) is 0 Å². The monoisotopic (exact) mass is 232 g/mol. The lowest BCUT2D eigenvalue weighted by Gasteiger charge is -2.12. The van der Waals surface area contributed by atoms with E-state index in [1.54, 1.807) is 6.07 Å². The molecule has 0 bridgehead atoms. The molecule has 2 rings (SSSR count). The van der Waals surface area contributed by atoms with Crippen molar-refractivity contribution in [3.05, 3.63) is 30.0 Å². The summed E-state index contributed by atoms with van der Waals surface area (Å²) < 4.78 is 2.27. The van der Waals surface area contributed by atoms with Crippen molar-refractivity contribution < 1.29 is 5.11 Å². The summed E-state index contributed by atoms with van der Waals surface area (Å²) >= 11 is 0. The highest BCUT2D eigenvalue weighted by molar-refractivity contribution is 5.82. The average Bonchev–Trinajstić information content (AvgIpc) is 2.65. The summed E-state index contributed by atoms with van der Waals surface area (Å²) in [5.74, 6) is 0.332. The van der Waals surface area contributed by atoms with Crippen LogP contribution in [0.4, 0.5) is 0 Å². The number of hydrogen-bond donors (Lipinski definition) is 2. The van der Waals surface area contributed by atoms with E-state index < -0.39 is 0 Å². The Morgan fingerprint density at radius 1 is 1.35 bits per heavy atom. The molecule has 2 aromatic rings. The van der Waals surface area contributed by atoms with Crippen molar-refractivity contribution in [2.24, 2.45) is 0 Å². The van der Waals surface area contributed by atoms with Crippen molar-refractivity contribution in [3.63, 3.8) is 0 Å². The Balaban J connectivity index is 2.48. The van der Waals surface area contributed by atoms with E-state index in [1.807, 2.05) is 19.2 Å². The molecule has 0 amide bonds. The van der Waals surface area contributed by atoms with Gasteiger partial charge >= 0.3 is 0 Å². The Bertz CT molecular complexity index is 516. The molecule has 3 nitrogen and oxygen atoms in total. The van der Waals surface area contributed by atoms with E-state index in [-0.39, 0.29) is 0 Å². The van der Waals surface area contributed by atoms with Gasteiger partial charge < -0.3 is 15.0 Å². The van der Waals surface area contributed by atoms with Gasteiger partial charge in [0, 0.05) is 36.2 Å². The second kappa shape index (κ2) is 4.80. The van der Waals surface area contributed by atoms with E-state index in [0.29, 0.717) is 11.8 Å². The maximum Gasteiger partial charge on any atom is 0.117 e. The van der Waals surface area contributed by atoms with Crippen molar-refractivity contribution >= 4 is 10.9 Å². The number of benzene rings is 1. The molecule has 0 radical (unpaired) electrons. The standard InChI is InChI=1S/C14H20N2O/c1-4-16-12(7-10(2)15-3)8-11-5-6-13(17)9-14(11)16/h5-6,8-10,15,17H,4,7H2,1-3H3. The molecule has 2 N–H and O–H groups in total. The minimum Gasteiger partial charge on any atom is -0.508 e. The Morgan fingerprint density at radius 2 is 2.12 bits per heavy atom. The third kappa shape index (κ3) is 2.29. The lowest BCUT2D eigenvalue weighted by Crippen LogP contribution is -2.24. The quantitative estimate of drug-likeness (QED) is 0.850. The number of aromatic hydroxyl groups is 1. The highest BCUT2D eigenvalue weighted by atomic mass is 16.3. The van der Waals surface area contributed by atoms with Crippen molar-refractivity contribution in [1.82, 2.24) is 9.88 Å². The first-order valence-electron chi connectivity index (χ1n) is 6.14. The molecule has 0 aliphatic rings. The average molecular weight is 232 g/mol. The lowest BCUT2D eigenvalue weighted by atomic mass is 10.2. The molecular formula is C14H20N2O. The highest BCUT2D eigenvalue weighted by Crippen LogP contribution is 2.24. The van der Waals surface area contributed by atoms with Gasteiger partial charge in [-0.2, -0.15) is 0 Å². The van der Waals surface area contributed by atoms with Gasteiger partial charge in [-0.3, -0.25) is 0 Å². The van der Waals surface area contributed by atoms with Crippen LogP contribution in [0.1, 0.15) is 19.5 Å². The van der Waals surface area contributed by atoms with Crippen molar-refractivity contribution in [2.75, 3.05) is 7.05 Å². The molecule has 17 heavy (non-hydrogen) atoms. The van der Waals surface area contributed by atoms with E-state index in [4.69, 9.17) is 0 Å². The van der Waals surface area contributed by atoms with Crippen molar-refractivity contribution in [3.8, 4) is 5.75 Å². The molecule has 0 aliphatic heterocycles. The van der Waals surface area contributed by atoms with E-state index >= 15 is 0 Å². The van der Waals surface area contributed by atoms with Gasteiger partial charge in [-0.15, -0.1) is 0 Å². The third-order valence-electron chi connectivity index (χ3n) is 3.30. The van der Waals surface area contributed by atoms with Crippen LogP contribution in [0, 0.1) is 0 Å². The van der Waals surface area contributed by atoms with Crippen LogP contribution in [0.3, 0.4) is 0 Å². The number of nitrogens with one attached hydrogen (secondary N) is 1. The maximum absolute atomic E-state index is 9.56. The molecule has 1 atom stereocenters. The summed E-state index contributed by atoms with van der Waals surface area (Å²) in [5.41, 5.74) is 2.43. The van der Waals surface area contributed by atoms with Crippen LogP contribution in [-0.2, 0) is 13.0 Å². The van der Waals surface area contributed by atoms with E-state index in [2.05, 4.69) is 29.8 Å². The number of phenols is 1. The largest absolute Gasteiger partial charge is 0.508 e. The Kier molecular flexibility index (Phi) is 3.38. The molecule has 1 aromatic carbocycles. The number of aryl methyl sites for hydroxylation is 1. The summed E-state index contributed by atoms with van der Waals surface area (Å²) in [5, 5.41) is 14.0. The Hall–Kier alpha value is -1.48. The van der Waals surface area contributed by atoms with Crippen LogP contribution >= 0.6 is 0 Å². The van der Waals surface area contributed by atoms with Gasteiger partial charge in [0.15, 0.2) is 0 Å². The first kappa shape index (κ1) is 12.0. The number of phenolic OH excluding ortho intramolecular Hbond substituents is 1. The fourth-order valence-electron chi connectivity index (χ4n) is 2.26. The summed E-state index contributed by atoms with van der Waals surface area (Å²) in [4.78, 5) is 0. The fraction of sp³-hybridized carbons (Fsp3) is 0.429.